The van der Waals surface area contributed by atoms with E-state index in [2.05, 4.69) is 4.74 Å². The highest BCUT2D eigenvalue weighted by atomic mass is 35.5. The molecule has 94 valence electrons. The number of ether oxygens (including phenoxy) is 1. The standard InChI is InChI=1S/C10H9ClF3NO2/c11-8-2-1-6(15)5-7(8)9(16)17-4-3-10(12,13)14/h1-2,5H,3-4,15H2. The average molecular weight is 268 g/mol. The fraction of sp³-hybridized carbons (Fsp3) is 0.300. The molecule has 3 nitrogen and oxygen atoms in total. The Hall–Kier alpha value is -1.43. The number of carbonyl (C=O) groups is 1. The lowest BCUT2D eigenvalue weighted by Crippen LogP contribution is -2.15. The Labute approximate surface area is 100 Å². The summed E-state index contributed by atoms with van der Waals surface area (Å²) >= 11 is 5.68. The van der Waals surface area contributed by atoms with Gasteiger partial charge in [0.2, 0.25) is 0 Å². The molecule has 0 aliphatic rings. The van der Waals surface area contributed by atoms with Gasteiger partial charge in [-0.1, -0.05) is 11.6 Å². The number of alkyl halides is 3. The summed E-state index contributed by atoms with van der Waals surface area (Å²) in [7, 11) is 0. The summed E-state index contributed by atoms with van der Waals surface area (Å²) in [6, 6.07) is 4.09. The minimum Gasteiger partial charge on any atom is -0.462 e. The number of nitrogens with two attached hydrogens (primary N) is 1. The molecule has 0 saturated carbocycles. The van der Waals surface area contributed by atoms with E-state index in [9.17, 15) is 18.0 Å². The highest BCUT2D eigenvalue weighted by molar-refractivity contribution is 6.33. The van der Waals surface area contributed by atoms with Crippen LogP contribution < -0.4 is 5.73 Å². The molecular weight excluding hydrogens is 259 g/mol. The fourth-order valence-corrected chi connectivity index (χ4v) is 1.23. The molecule has 2 N–H and O–H groups in total. The molecule has 0 amide bonds. The van der Waals surface area contributed by atoms with Crippen LogP contribution in [-0.2, 0) is 4.74 Å². The highest BCUT2D eigenvalue weighted by Gasteiger charge is 2.27. The summed E-state index contributed by atoms with van der Waals surface area (Å²) in [6.07, 6.45) is -5.56. The second-order valence-corrected chi connectivity index (χ2v) is 3.65. The van der Waals surface area contributed by atoms with Crippen molar-refractivity contribution in [3.8, 4) is 0 Å². The maximum absolute atomic E-state index is 11.8. The van der Waals surface area contributed by atoms with Gasteiger partial charge in [-0.15, -0.1) is 0 Å². The van der Waals surface area contributed by atoms with Crippen molar-refractivity contribution in [1.29, 1.82) is 0 Å². The van der Waals surface area contributed by atoms with Crippen LogP contribution in [0.5, 0.6) is 0 Å². The first-order valence-electron chi connectivity index (χ1n) is 4.58. The van der Waals surface area contributed by atoms with Crippen molar-refractivity contribution in [2.75, 3.05) is 12.3 Å². The molecule has 0 aliphatic heterocycles. The number of nitrogen functional groups attached to an aromatic ring is 1. The molecule has 0 heterocycles. The van der Waals surface area contributed by atoms with Gasteiger partial charge in [0.05, 0.1) is 17.0 Å². The summed E-state index contributed by atoms with van der Waals surface area (Å²) in [6.45, 7) is -0.743. The summed E-state index contributed by atoms with van der Waals surface area (Å²) in [5, 5.41) is 0.0798. The van der Waals surface area contributed by atoms with Gasteiger partial charge in [-0.05, 0) is 18.2 Å². The molecule has 0 spiro atoms. The number of rotatable bonds is 3. The molecular formula is C10H9ClF3NO2. The number of benzene rings is 1. The Kier molecular flexibility index (Phi) is 4.22. The summed E-state index contributed by atoms with van der Waals surface area (Å²) in [5.74, 6) is -0.924. The van der Waals surface area contributed by atoms with Gasteiger partial charge in [0, 0.05) is 5.69 Å². The SMILES string of the molecule is Nc1ccc(Cl)c(C(=O)OCCC(F)(F)F)c1. The second-order valence-electron chi connectivity index (χ2n) is 3.24. The molecule has 1 aromatic rings. The van der Waals surface area contributed by atoms with Crippen molar-refractivity contribution >= 4 is 23.3 Å². The van der Waals surface area contributed by atoms with E-state index in [-0.39, 0.29) is 16.3 Å². The molecule has 0 unspecified atom stereocenters. The van der Waals surface area contributed by atoms with Crippen molar-refractivity contribution in [1.82, 2.24) is 0 Å². The van der Waals surface area contributed by atoms with E-state index in [4.69, 9.17) is 17.3 Å². The smallest absolute Gasteiger partial charge is 0.392 e. The zero-order valence-corrected chi connectivity index (χ0v) is 9.31. The van der Waals surface area contributed by atoms with Crippen LogP contribution in [-0.4, -0.2) is 18.8 Å². The number of hydrogen-bond acceptors (Lipinski definition) is 3. The lowest BCUT2D eigenvalue weighted by atomic mass is 10.2. The maximum atomic E-state index is 11.8. The normalized spacial score (nSPS) is 11.3. The molecule has 0 fully saturated rings. The van der Waals surface area contributed by atoms with E-state index in [0.717, 1.165) is 0 Å². The number of halogens is 4. The second kappa shape index (κ2) is 5.27. The van der Waals surface area contributed by atoms with E-state index in [1.54, 1.807) is 0 Å². The third-order valence-corrected chi connectivity index (χ3v) is 2.16. The van der Waals surface area contributed by atoms with Crippen LogP contribution in [0.15, 0.2) is 18.2 Å². The van der Waals surface area contributed by atoms with Gasteiger partial charge in [0.25, 0.3) is 0 Å². The Morgan fingerprint density at radius 1 is 1.41 bits per heavy atom. The largest absolute Gasteiger partial charge is 0.462 e. The molecule has 0 radical (unpaired) electrons. The van der Waals surface area contributed by atoms with Gasteiger partial charge in [0.1, 0.15) is 6.61 Å². The number of anilines is 1. The third kappa shape index (κ3) is 4.52. The Morgan fingerprint density at radius 3 is 2.65 bits per heavy atom. The van der Waals surface area contributed by atoms with E-state index >= 15 is 0 Å². The topological polar surface area (TPSA) is 52.3 Å². The predicted molar refractivity (Wildman–Crippen MR) is 56.8 cm³/mol. The number of carbonyl (C=O) groups excluding carboxylic acids is 1. The fourth-order valence-electron chi connectivity index (χ4n) is 1.04. The van der Waals surface area contributed by atoms with Crippen LogP contribution in [0.25, 0.3) is 0 Å². The van der Waals surface area contributed by atoms with E-state index < -0.39 is 25.2 Å². The van der Waals surface area contributed by atoms with Crippen molar-refractivity contribution in [3.63, 3.8) is 0 Å². The monoisotopic (exact) mass is 267 g/mol. The molecule has 0 aromatic heterocycles. The molecule has 0 atom stereocenters. The molecule has 1 aromatic carbocycles. The van der Waals surface area contributed by atoms with Gasteiger partial charge in [-0.2, -0.15) is 13.2 Å². The van der Waals surface area contributed by atoms with Gasteiger partial charge in [-0.3, -0.25) is 0 Å². The van der Waals surface area contributed by atoms with E-state index in [1.165, 1.54) is 18.2 Å². The third-order valence-electron chi connectivity index (χ3n) is 1.83. The van der Waals surface area contributed by atoms with E-state index in [0.29, 0.717) is 0 Å². The first-order valence-corrected chi connectivity index (χ1v) is 4.96. The zero-order chi connectivity index (χ0) is 13.1. The van der Waals surface area contributed by atoms with Gasteiger partial charge in [0.15, 0.2) is 0 Å². The Balaban J connectivity index is 2.61. The van der Waals surface area contributed by atoms with Gasteiger partial charge in [-0.25, -0.2) is 4.79 Å². The number of esters is 1. The molecule has 7 heteroatoms. The van der Waals surface area contributed by atoms with Crippen LogP contribution in [0.1, 0.15) is 16.8 Å². The van der Waals surface area contributed by atoms with Gasteiger partial charge < -0.3 is 10.5 Å². The lowest BCUT2D eigenvalue weighted by Gasteiger charge is -2.08. The quantitative estimate of drug-likeness (QED) is 0.676. The van der Waals surface area contributed by atoms with Crippen LogP contribution in [0.2, 0.25) is 5.02 Å². The first-order chi connectivity index (χ1) is 7.79. The van der Waals surface area contributed by atoms with Gasteiger partial charge >= 0.3 is 12.1 Å². The Bertz CT molecular complexity index is 421. The molecule has 0 aliphatic carbocycles. The van der Waals surface area contributed by atoms with Crippen molar-refractivity contribution < 1.29 is 22.7 Å². The lowest BCUT2D eigenvalue weighted by molar-refractivity contribution is -0.141. The Morgan fingerprint density at radius 2 is 2.06 bits per heavy atom. The van der Waals surface area contributed by atoms with Crippen molar-refractivity contribution in [2.24, 2.45) is 0 Å². The number of hydrogen-bond donors (Lipinski definition) is 1. The van der Waals surface area contributed by atoms with Crippen LogP contribution >= 0.6 is 11.6 Å². The first kappa shape index (κ1) is 13.6. The summed E-state index contributed by atoms with van der Waals surface area (Å²) < 4.78 is 39.9. The van der Waals surface area contributed by atoms with Crippen LogP contribution in [0, 0.1) is 0 Å². The minimum atomic E-state index is -4.36. The highest BCUT2D eigenvalue weighted by Crippen LogP contribution is 2.22. The van der Waals surface area contributed by atoms with Crippen LogP contribution in [0.4, 0.5) is 18.9 Å². The zero-order valence-electron chi connectivity index (χ0n) is 8.55. The summed E-state index contributed by atoms with van der Waals surface area (Å²) in [5.41, 5.74) is 5.64. The molecule has 1 rings (SSSR count). The van der Waals surface area contributed by atoms with E-state index in [1.807, 2.05) is 0 Å². The maximum Gasteiger partial charge on any atom is 0.392 e. The average Bonchev–Trinajstić information content (AvgIpc) is 2.19. The van der Waals surface area contributed by atoms with Crippen molar-refractivity contribution in [3.05, 3.63) is 28.8 Å². The summed E-state index contributed by atoms with van der Waals surface area (Å²) in [4.78, 5) is 11.4. The minimum absolute atomic E-state index is 0.0474. The predicted octanol–water partition coefficient (Wildman–Crippen LogP) is 3.03. The van der Waals surface area contributed by atoms with Crippen molar-refractivity contribution in [2.45, 2.75) is 12.6 Å². The molecule has 17 heavy (non-hydrogen) atoms. The van der Waals surface area contributed by atoms with Crippen LogP contribution in [0.3, 0.4) is 0 Å². The molecule has 0 bridgehead atoms. The molecule has 0 saturated heterocycles.